The molecule has 1 atom stereocenters. The molecule has 2 aromatic rings. The maximum atomic E-state index is 12.8. The Morgan fingerprint density at radius 2 is 1.94 bits per heavy atom. The van der Waals surface area contributed by atoms with Gasteiger partial charge in [-0.25, -0.2) is 4.39 Å². The molecule has 1 aromatic heterocycles. The zero-order valence-electron chi connectivity index (χ0n) is 9.11. The largest absolute Gasteiger partial charge is 0.324 e. The molecule has 0 radical (unpaired) electrons. The van der Waals surface area contributed by atoms with Crippen molar-refractivity contribution >= 4 is 11.6 Å². The number of halogens is 2. The first-order valence-corrected chi connectivity index (χ1v) is 5.64. The highest BCUT2D eigenvalue weighted by atomic mass is 35.5. The van der Waals surface area contributed by atoms with Crippen LogP contribution < -0.4 is 5.73 Å². The molecule has 1 unspecified atom stereocenters. The van der Waals surface area contributed by atoms with Gasteiger partial charge in [0.25, 0.3) is 0 Å². The fourth-order valence-corrected chi connectivity index (χ4v) is 1.93. The van der Waals surface area contributed by atoms with Gasteiger partial charge in [-0.1, -0.05) is 23.7 Å². The molecule has 4 heteroatoms. The van der Waals surface area contributed by atoms with E-state index in [9.17, 15) is 4.39 Å². The summed E-state index contributed by atoms with van der Waals surface area (Å²) in [7, 11) is 0. The van der Waals surface area contributed by atoms with E-state index >= 15 is 0 Å². The molecule has 0 spiro atoms. The van der Waals surface area contributed by atoms with Crippen LogP contribution in [-0.2, 0) is 6.42 Å². The SMILES string of the molecule is NC(Cc1ccc(F)cc1)c1ccncc1Cl. The lowest BCUT2D eigenvalue weighted by atomic mass is 10.0. The van der Waals surface area contributed by atoms with Crippen LogP contribution in [0.3, 0.4) is 0 Å². The molecule has 2 nitrogen and oxygen atoms in total. The van der Waals surface area contributed by atoms with E-state index in [1.165, 1.54) is 12.1 Å². The molecule has 0 fully saturated rings. The monoisotopic (exact) mass is 250 g/mol. The van der Waals surface area contributed by atoms with Crippen molar-refractivity contribution in [1.29, 1.82) is 0 Å². The van der Waals surface area contributed by atoms with Gasteiger partial charge in [-0.3, -0.25) is 4.98 Å². The van der Waals surface area contributed by atoms with Crippen molar-refractivity contribution < 1.29 is 4.39 Å². The van der Waals surface area contributed by atoms with Crippen molar-refractivity contribution in [2.45, 2.75) is 12.5 Å². The second-order valence-electron chi connectivity index (χ2n) is 3.83. The molecule has 88 valence electrons. The predicted molar refractivity (Wildman–Crippen MR) is 66.3 cm³/mol. The fourth-order valence-electron chi connectivity index (χ4n) is 1.67. The minimum atomic E-state index is -0.246. The molecule has 0 amide bonds. The zero-order valence-corrected chi connectivity index (χ0v) is 9.86. The molecule has 2 N–H and O–H groups in total. The second-order valence-corrected chi connectivity index (χ2v) is 4.24. The zero-order chi connectivity index (χ0) is 12.3. The normalized spacial score (nSPS) is 12.4. The van der Waals surface area contributed by atoms with E-state index in [4.69, 9.17) is 17.3 Å². The topological polar surface area (TPSA) is 38.9 Å². The van der Waals surface area contributed by atoms with E-state index in [1.807, 2.05) is 0 Å². The fraction of sp³-hybridized carbons (Fsp3) is 0.154. The van der Waals surface area contributed by atoms with Crippen LogP contribution in [0.1, 0.15) is 17.2 Å². The first kappa shape index (κ1) is 12.0. The summed E-state index contributed by atoms with van der Waals surface area (Å²) in [6.45, 7) is 0. The molecule has 1 heterocycles. The third kappa shape index (κ3) is 3.02. The third-order valence-corrected chi connectivity index (χ3v) is 2.89. The lowest BCUT2D eigenvalue weighted by Gasteiger charge is -2.13. The third-order valence-electron chi connectivity index (χ3n) is 2.57. The predicted octanol–water partition coefficient (Wildman–Crippen LogP) is 3.12. The van der Waals surface area contributed by atoms with Crippen molar-refractivity contribution in [1.82, 2.24) is 4.98 Å². The molecule has 1 aromatic carbocycles. The Bertz CT molecular complexity index is 499. The summed E-state index contributed by atoms with van der Waals surface area (Å²) in [6, 6.07) is 7.90. The van der Waals surface area contributed by atoms with Crippen LogP contribution in [0.5, 0.6) is 0 Å². The Labute approximate surface area is 104 Å². The van der Waals surface area contributed by atoms with E-state index in [0.29, 0.717) is 11.4 Å². The molecule has 0 aliphatic carbocycles. The highest BCUT2D eigenvalue weighted by Crippen LogP contribution is 2.22. The van der Waals surface area contributed by atoms with Crippen molar-refractivity contribution in [3.05, 3.63) is 64.7 Å². The van der Waals surface area contributed by atoms with Crippen molar-refractivity contribution in [3.63, 3.8) is 0 Å². The van der Waals surface area contributed by atoms with Crippen LogP contribution in [0.4, 0.5) is 4.39 Å². The van der Waals surface area contributed by atoms with Crippen LogP contribution in [0, 0.1) is 5.82 Å². The Hall–Kier alpha value is -1.45. The summed E-state index contributed by atoms with van der Waals surface area (Å²) < 4.78 is 12.8. The van der Waals surface area contributed by atoms with E-state index in [0.717, 1.165) is 11.1 Å². The first-order chi connectivity index (χ1) is 8.16. The van der Waals surface area contributed by atoms with E-state index in [1.54, 1.807) is 30.6 Å². The maximum Gasteiger partial charge on any atom is 0.123 e. The van der Waals surface area contributed by atoms with E-state index in [2.05, 4.69) is 4.98 Å². The number of nitrogens with two attached hydrogens (primary N) is 1. The highest BCUT2D eigenvalue weighted by Gasteiger charge is 2.10. The molecule has 0 bridgehead atoms. The minimum absolute atomic E-state index is 0.212. The molecular formula is C13H12ClFN2. The lowest BCUT2D eigenvalue weighted by Crippen LogP contribution is -2.14. The summed E-state index contributed by atoms with van der Waals surface area (Å²) >= 11 is 6.01. The van der Waals surface area contributed by atoms with Crippen molar-refractivity contribution in [3.8, 4) is 0 Å². The Kier molecular flexibility index (Phi) is 3.71. The van der Waals surface area contributed by atoms with Gasteiger partial charge in [0.2, 0.25) is 0 Å². The second kappa shape index (κ2) is 5.25. The highest BCUT2D eigenvalue weighted by molar-refractivity contribution is 6.31. The lowest BCUT2D eigenvalue weighted by molar-refractivity contribution is 0.625. The summed E-state index contributed by atoms with van der Waals surface area (Å²) in [5.41, 5.74) is 7.89. The number of nitrogens with zero attached hydrogens (tertiary/aromatic N) is 1. The molecule has 0 saturated heterocycles. The van der Waals surface area contributed by atoms with Crippen LogP contribution in [0.25, 0.3) is 0 Å². The van der Waals surface area contributed by atoms with Gasteiger partial charge in [0.1, 0.15) is 5.82 Å². The van der Waals surface area contributed by atoms with Crippen LogP contribution in [0.15, 0.2) is 42.7 Å². The van der Waals surface area contributed by atoms with E-state index in [-0.39, 0.29) is 11.9 Å². The van der Waals surface area contributed by atoms with Crippen LogP contribution in [-0.4, -0.2) is 4.98 Å². The maximum absolute atomic E-state index is 12.8. The molecule has 0 saturated carbocycles. The number of aromatic nitrogens is 1. The van der Waals surface area contributed by atoms with Crippen molar-refractivity contribution in [2.75, 3.05) is 0 Å². The molecule has 0 aliphatic heterocycles. The van der Waals surface area contributed by atoms with E-state index < -0.39 is 0 Å². The average molecular weight is 251 g/mol. The molecular weight excluding hydrogens is 239 g/mol. The summed E-state index contributed by atoms with van der Waals surface area (Å²) in [5, 5.41) is 0.558. The first-order valence-electron chi connectivity index (χ1n) is 5.26. The van der Waals surface area contributed by atoms with Gasteiger partial charge in [-0.2, -0.15) is 0 Å². The van der Waals surface area contributed by atoms with Gasteiger partial charge < -0.3 is 5.73 Å². The quantitative estimate of drug-likeness (QED) is 0.909. The Balaban J connectivity index is 2.14. The number of pyridine rings is 1. The standard InChI is InChI=1S/C13H12ClFN2/c14-12-8-17-6-5-11(12)13(16)7-9-1-3-10(15)4-2-9/h1-6,8,13H,7,16H2. The number of hydrogen-bond acceptors (Lipinski definition) is 2. The Morgan fingerprint density at radius 3 is 2.59 bits per heavy atom. The van der Waals surface area contributed by atoms with Gasteiger partial charge in [0, 0.05) is 18.4 Å². The Morgan fingerprint density at radius 1 is 1.24 bits per heavy atom. The smallest absolute Gasteiger partial charge is 0.123 e. The van der Waals surface area contributed by atoms with Gasteiger partial charge >= 0.3 is 0 Å². The van der Waals surface area contributed by atoms with Crippen LogP contribution in [0.2, 0.25) is 5.02 Å². The van der Waals surface area contributed by atoms with Gasteiger partial charge in [-0.15, -0.1) is 0 Å². The number of rotatable bonds is 3. The number of benzene rings is 1. The molecule has 2 rings (SSSR count). The van der Waals surface area contributed by atoms with Gasteiger partial charge in [0.15, 0.2) is 0 Å². The van der Waals surface area contributed by atoms with Crippen LogP contribution >= 0.6 is 11.6 Å². The average Bonchev–Trinajstić information content (AvgIpc) is 2.32. The van der Waals surface area contributed by atoms with Crippen molar-refractivity contribution in [2.24, 2.45) is 5.73 Å². The summed E-state index contributed by atoms with van der Waals surface area (Å²) in [4.78, 5) is 3.91. The van der Waals surface area contributed by atoms with Gasteiger partial charge in [0.05, 0.1) is 5.02 Å². The minimum Gasteiger partial charge on any atom is -0.324 e. The number of hydrogen-bond donors (Lipinski definition) is 1. The molecule has 0 aliphatic rings. The molecule has 17 heavy (non-hydrogen) atoms. The van der Waals surface area contributed by atoms with Gasteiger partial charge in [-0.05, 0) is 35.7 Å². The summed E-state index contributed by atoms with van der Waals surface area (Å²) in [6.07, 6.45) is 3.84. The summed E-state index contributed by atoms with van der Waals surface area (Å²) in [5.74, 6) is -0.246.